The second-order valence-electron chi connectivity index (χ2n) is 10.6. The van der Waals surface area contributed by atoms with Crippen molar-refractivity contribution < 1.29 is 33.3 Å². The molecule has 0 saturated carbocycles. The first-order chi connectivity index (χ1) is 20.1. The summed E-state index contributed by atoms with van der Waals surface area (Å²) in [5, 5.41) is 2.58. The number of thioether (sulfide) groups is 1. The summed E-state index contributed by atoms with van der Waals surface area (Å²) >= 11 is 3.74. The number of benzene rings is 3. The Bertz CT molecular complexity index is 1700. The smallest absolute Gasteiger partial charge is 0.262 e. The highest BCUT2D eigenvalue weighted by molar-refractivity contribution is 8.03. The van der Waals surface area contributed by atoms with Crippen molar-refractivity contribution in [3.05, 3.63) is 118 Å². The van der Waals surface area contributed by atoms with E-state index >= 15 is 0 Å². The number of methoxy groups -OCH3 is 1. The van der Waals surface area contributed by atoms with Gasteiger partial charge in [-0.2, -0.15) is 4.57 Å². The van der Waals surface area contributed by atoms with Crippen molar-refractivity contribution >= 4 is 50.7 Å². The van der Waals surface area contributed by atoms with Gasteiger partial charge in [-0.05, 0) is 91.3 Å². The predicted octanol–water partition coefficient (Wildman–Crippen LogP) is 6.52. The molecule has 2 aliphatic rings. The van der Waals surface area contributed by atoms with Gasteiger partial charge in [0.1, 0.15) is 17.0 Å². The molecule has 3 aromatic carbocycles. The summed E-state index contributed by atoms with van der Waals surface area (Å²) in [7, 11) is 1.73. The zero-order chi connectivity index (χ0) is 28.3. The number of nitrogens with zero attached hydrogens (tertiary/aromatic N) is 2. The quantitative estimate of drug-likeness (QED) is 0.161. The van der Waals surface area contributed by atoms with Gasteiger partial charge in [0.15, 0.2) is 0 Å². The molecule has 6 heteroatoms. The topological polar surface area (TPSA) is 16.4 Å². The molecular weight excluding hydrogens is 667 g/mol. The highest BCUT2D eigenvalue weighted by Gasteiger charge is 2.25. The Kier molecular flexibility index (Phi) is 9.96. The van der Waals surface area contributed by atoms with Crippen molar-refractivity contribution in [2.75, 3.05) is 18.6 Å². The van der Waals surface area contributed by atoms with Crippen LogP contribution in [0.2, 0.25) is 0 Å². The number of aryl methyl sites for hydroxylation is 1. The normalized spacial score (nSPS) is 18.8. The van der Waals surface area contributed by atoms with Crippen molar-refractivity contribution in [1.29, 1.82) is 0 Å². The van der Waals surface area contributed by atoms with Gasteiger partial charge in [-0.3, -0.25) is 0 Å². The van der Waals surface area contributed by atoms with Gasteiger partial charge in [0.05, 0.1) is 17.8 Å². The van der Waals surface area contributed by atoms with E-state index in [-0.39, 0.29) is 24.0 Å². The number of fused-ring (bicyclic) bond motifs is 2. The molecule has 1 aliphatic heterocycles. The van der Waals surface area contributed by atoms with Crippen molar-refractivity contribution in [2.45, 2.75) is 45.1 Å². The second kappa shape index (κ2) is 13.7. The number of allylic oxidation sites excluding steroid dienone is 6. The van der Waals surface area contributed by atoms with Crippen LogP contribution in [0.4, 0.5) is 5.69 Å². The Morgan fingerprint density at radius 2 is 1.69 bits per heavy atom. The van der Waals surface area contributed by atoms with Crippen LogP contribution in [-0.2, 0) is 6.54 Å². The minimum atomic E-state index is 0. The number of thiazole rings is 1. The molecule has 1 unspecified atom stereocenters. The summed E-state index contributed by atoms with van der Waals surface area (Å²) < 4.78 is 9.25. The zero-order valence-corrected chi connectivity index (χ0v) is 28.4. The van der Waals surface area contributed by atoms with Crippen LogP contribution < -0.4 is 38.2 Å². The van der Waals surface area contributed by atoms with Gasteiger partial charge in [0.25, 0.3) is 5.01 Å². The standard InChI is InChI=1S/C36H37N2OS2.HI/c1-5-37-30-11-7-9-13-32(30)40-34(37)21-17-27-23-25(3)24-28(36(27)26-15-19-29(39-4)20-16-26)18-22-35-38(6-2)31-12-8-10-14-33(31)41-35;/h7-22,25H,5-6,23-24H2,1-4H3;1H/q+1;/p-1. The Morgan fingerprint density at radius 1 is 0.929 bits per heavy atom. The summed E-state index contributed by atoms with van der Waals surface area (Å²) in [5.41, 5.74) is 8.01. The van der Waals surface area contributed by atoms with E-state index in [1.54, 1.807) is 7.11 Å². The molecule has 0 spiro atoms. The first-order valence-corrected chi connectivity index (χ1v) is 16.2. The number of hydrogen-bond acceptors (Lipinski definition) is 4. The molecule has 42 heavy (non-hydrogen) atoms. The van der Waals surface area contributed by atoms with Crippen LogP contribution in [0.25, 0.3) is 21.9 Å². The molecule has 0 N–H and O–H groups in total. The third-order valence-electron chi connectivity index (χ3n) is 7.92. The fourth-order valence-electron chi connectivity index (χ4n) is 6.01. The lowest BCUT2D eigenvalue weighted by atomic mass is 9.78. The maximum atomic E-state index is 5.49. The van der Waals surface area contributed by atoms with E-state index < -0.39 is 0 Å². The number of rotatable bonds is 7. The van der Waals surface area contributed by atoms with E-state index in [0.29, 0.717) is 5.92 Å². The van der Waals surface area contributed by atoms with Crippen LogP contribution in [0, 0.1) is 5.92 Å². The lowest BCUT2D eigenvalue weighted by molar-refractivity contribution is -0.665. The highest BCUT2D eigenvalue weighted by atomic mass is 127. The minimum absolute atomic E-state index is 0. The molecule has 1 aromatic heterocycles. The number of anilines is 1. The molecule has 2 heterocycles. The molecule has 0 fully saturated rings. The Labute approximate surface area is 275 Å². The minimum Gasteiger partial charge on any atom is -1.00 e. The summed E-state index contributed by atoms with van der Waals surface area (Å²) in [6, 6.07) is 26.0. The fourth-order valence-corrected chi connectivity index (χ4v) is 8.27. The Balaban J connectivity index is 0.00000353. The summed E-state index contributed by atoms with van der Waals surface area (Å²) in [6.45, 7) is 8.75. The van der Waals surface area contributed by atoms with Gasteiger partial charge >= 0.3 is 0 Å². The molecule has 0 amide bonds. The Morgan fingerprint density at radius 3 is 2.45 bits per heavy atom. The molecular formula is C36H37IN2OS2. The van der Waals surface area contributed by atoms with E-state index in [1.807, 2.05) is 23.1 Å². The molecule has 4 aromatic rings. The third kappa shape index (κ3) is 6.12. The van der Waals surface area contributed by atoms with Gasteiger partial charge in [-0.1, -0.05) is 78.6 Å². The van der Waals surface area contributed by atoms with E-state index in [4.69, 9.17) is 4.74 Å². The van der Waals surface area contributed by atoms with E-state index in [9.17, 15) is 0 Å². The van der Waals surface area contributed by atoms with Gasteiger partial charge in [-0.25, -0.2) is 0 Å². The number of para-hydroxylation sites is 2. The largest absolute Gasteiger partial charge is 1.00 e. The van der Waals surface area contributed by atoms with Crippen LogP contribution in [0.5, 0.6) is 5.75 Å². The lowest BCUT2D eigenvalue weighted by Gasteiger charge is -2.27. The molecule has 6 rings (SSSR count). The van der Waals surface area contributed by atoms with Gasteiger partial charge in [0, 0.05) is 23.6 Å². The Hall–Kier alpha value is -2.81. The average Bonchev–Trinajstić information content (AvgIpc) is 3.55. The number of ether oxygens (including phenoxy) is 1. The molecule has 1 aliphatic carbocycles. The van der Waals surface area contributed by atoms with Gasteiger partial charge < -0.3 is 33.6 Å². The summed E-state index contributed by atoms with van der Waals surface area (Å²) in [5.74, 6) is 1.45. The molecule has 1 atom stereocenters. The average molecular weight is 705 g/mol. The first kappa shape index (κ1) is 30.6. The molecule has 3 nitrogen and oxygen atoms in total. The molecule has 216 valence electrons. The maximum absolute atomic E-state index is 5.49. The van der Waals surface area contributed by atoms with E-state index in [2.05, 4.69) is 127 Å². The van der Waals surface area contributed by atoms with Crippen molar-refractivity contribution in [3.63, 3.8) is 0 Å². The second-order valence-corrected chi connectivity index (χ2v) is 12.8. The first-order valence-electron chi connectivity index (χ1n) is 14.5. The van der Waals surface area contributed by atoms with Crippen LogP contribution >= 0.6 is 23.1 Å². The highest BCUT2D eigenvalue weighted by Crippen LogP contribution is 2.46. The monoisotopic (exact) mass is 704 g/mol. The van der Waals surface area contributed by atoms with Crippen LogP contribution in [0.15, 0.2) is 112 Å². The zero-order valence-electron chi connectivity index (χ0n) is 24.6. The third-order valence-corrected chi connectivity index (χ3v) is 10.2. The van der Waals surface area contributed by atoms with Crippen LogP contribution in [0.1, 0.15) is 44.2 Å². The SMILES string of the molecule is CCN1/C(=C/C=C2\CC(C)CC(/C=C/c3sc4ccccc4[n+]3CC)=C2c2ccc(OC)cc2)Sc2ccccc21.[I-]. The fraction of sp³-hybridized carbons (Fsp3) is 0.250. The summed E-state index contributed by atoms with van der Waals surface area (Å²) in [6.07, 6.45) is 11.6. The number of aromatic nitrogens is 1. The van der Waals surface area contributed by atoms with Crippen molar-refractivity contribution in [2.24, 2.45) is 5.92 Å². The van der Waals surface area contributed by atoms with Crippen molar-refractivity contribution in [3.8, 4) is 5.75 Å². The molecule has 0 bridgehead atoms. The summed E-state index contributed by atoms with van der Waals surface area (Å²) in [4.78, 5) is 3.75. The number of hydrogen-bond donors (Lipinski definition) is 0. The van der Waals surface area contributed by atoms with Crippen LogP contribution in [0.3, 0.4) is 0 Å². The predicted molar refractivity (Wildman–Crippen MR) is 177 cm³/mol. The van der Waals surface area contributed by atoms with Crippen molar-refractivity contribution in [1.82, 2.24) is 0 Å². The lowest BCUT2D eigenvalue weighted by Crippen LogP contribution is -3.00. The van der Waals surface area contributed by atoms with E-state index in [1.165, 1.54) is 53.1 Å². The van der Waals surface area contributed by atoms with Crippen LogP contribution in [-0.4, -0.2) is 13.7 Å². The number of halogens is 1. The molecule has 0 saturated heterocycles. The maximum Gasteiger partial charge on any atom is 0.262 e. The van der Waals surface area contributed by atoms with Gasteiger partial charge in [0.2, 0.25) is 5.52 Å². The molecule has 0 radical (unpaired) electrons. The van der Waals surface area contributed by atoms with Gasteiger partial charge in [-0.15, -0.1) is 0 Å². The van der Waals surface area contributed by atoms with E-state index in [0.717, 1.165) is 31.7 Å².